The summed E-state index contributed by atoms with van der Waals surface area (Å²) in [4.78, 5) is 4.13. The number of methoxy groups -OCH3 is 1. The van der Waals surface area contributed by atoms with Crippen LogP contribution in [-0.4, -0.2) is 12.1 Å². The van der Waals surface area contributed by atoms with Crippen LogP contribution in [0.25, 0.3) is 0 Å². The molecule has 0 saturated carbocycles. The number of nitrogens with zero attached hydrogens (tertiary/aromatic N) is 1. The van der Waals surface area contributed by atoms with Gasteiger partial charge in [0.2, 0.25) is 5.88 Å². The van der Waals surface area contributed by atoms with Crippen molar-refractivity contribution in [2.24, 2.45) is 0 Å². The Bertz CT molecular complexity index is 236. The maximum absolute atomic E-state index is 5.13. The molecule has 1 rings (SSSR count). The predicted octanol–water partition coefficient (Wildman–Crippen LogP) is 3.46. The summed E-state index contributed by atoms with van der Waals surface area (Å²) in [6.45, 7) is 6.18. The van der Waals surface area contributed by atoms with Crippen molar-refractivity contribution in [2.45, 2.75) is 40.0 Å². The molecule has 0 aliphatic rings. The van der Waals surface area contributed by atoms with E-state index in [0.717, 1.165) is 12.3 Å². The van der Waals surface area contributed by atoms with Gasteiger partial charge in [-0.25, -0.2) is 4.98 Å². The zero-order valence-corrected chi connectivity index (χ0v) is 9.71. The minimum atomic E-state index is 0.769. The third kappa shape index (κ3) is 4.26. The summed E-state index contributed by atoms with van der Waals surface area (Å²) in [5.41, 5.74) is 1.21. The Balaban J connectivity index is 0.000000791. The number of unbranched alkanes of at least 4 members (excludes halogenated alkanes) is 1. The van der Waals surface area contributed by atoms with Gasteiger partial charge in [0.25, 0.3) is 0 Å². The van der Waals surface area contributed by atoms with Crippen molar-refractivity contribution >= 4 is 0 Å². The van der Waals surface area contributed by atoms with E-state index in [-0.39, 0.29) is 0 Å². The van der Waals surface area contributed by atoms with Gasteiger partial charge in [0.05, 0.1) is 7.11 Å². The summed E-state index contributed by atoms with van der Waals surface area (Å²) in [7, 11) is 1.66. The first-order chi connectivity index (χ1) is 6.88. The van der Waals surface area contributed by atoms with Gasteiger partial charge in [0, 0.05) is 11.8 Å². The zero-order chi connectivity index (χ0) is 10.8. The quantitative estimate of drug-likeness (QED) is 0.734. The van der Waals surface area contributed by atoms with Crippen LogP contribution in [0.4, 0.5) is 0 Å². The number of rotatable bonds is 4. The van der Waals surface area contributed by atoms with Gasteiger partial charge in [-0.15, -0.1) is 0 Å². The Morgan fingerprint density at radius 1 is 1.36 bits per heavy atom. The Labute approximate surface area is 87.3 Å². The van der Waals surface area contributed by atoms with Crippen molar-refractivity contribution in [2.75, 3.05) is 7.11 Å². The van der Waals surface area contributed by atoms with Gasteiger partial charge < -0.3 is 4.74 Å². The molecule has 0 atom stereocenters. The van der Waals surface area contributed by atoms with Crippen molar-refractivity contribution in [1.29, 1.82) is 0 Å². The van der Waals surface area contributed by atoms with Crippen molar-refractivity contribution in [3.05, 3.63) is 23.9 Å². The lowest BCUT2D eigenvalue weighted by Crippen LogP contribution is -1.94. The molecule has 2 heteroatoms. The fraction of sp³-hybridized carbons (Fsp3) is 0.583. The van der Waals surface area contributed by atoms with E-state index < -0.39 is 0 Å². The minimum absolute atomic E-state index is 0.769. The van der Waals surface area contributed by atoms with Crippen LogP contribution in [0.2, 0.25) is 0 Å². The Morgan fingerprint density at radius 2 is 2.07 bits per heavy atom. The summed E-state index contributed by atoms with van der Waals surface area (Å²) in [6.07, 6.45) is 5.22. The summed E-state index contributed by atoms with van der Waals surface area (Å²) in [5.74, 6) is 0.769. The van der Waals surface area contributed by atoms with Crippen LogP contribution in [0, 0.1) is 0 Å². The van der Waals surface area contributed by atoms with Gasteiger partial charge >= 0.3 is 0 Å². The molecule has 2 nitrogen and oxygen atoms in total. The topological polar surface area (TPSA) is 22.1 Å². The molecule has 14 heavy (non-hydrogen) atoms. The molecule has 0 amide bonds. The summed E-state index contributed by atoms with van der Waals surface area (Å²) in [6, 6.07) is 4.02. The second-order valence-corrected chi connectivity index (χ2v) is 2.78. The molecule has 0 saturated heterocycles. The molecular weight excluding hydrogens is 174 g/mol. The van der Waals surface area contributed by atoms with Crippen LogP contribution < -0.4 is 4.74 Å². The van der Waals surface area contributed by atoms with Crippen LogP contribution in [0.5, 0.6) is 5.88 Å². The molecule has 0 fully saturated rings. The lowest BCUT2D eigenvalue weighted by Gasteiger charge is -2.04. The largest absolute Gasteiger partial charge is 0.481 e. The predicted molar refractivity (Wildman–Crippen MR) is 60.7 cm³/mol. The van der Waals surface area contributed by atoms with Crippen LogP contribution in [-0.2, 0) is 6.42 Å². The summed E-state index contributed by atoms with van der Waals surface area (Å²) < 4.78 is 5.13. The molecule has 0 aliphatic heterocycles. The van der Waals surface area contributed by atoms with Crippen molar-refractivity contribution in [3.63, 3.8) is 0 Å². The number of pyridine rings is 1. The molecule has 80 valence electrons. The number of aromatic nitrogens is 1. The van der Waals surface area contributed by atoms with Gasteiger partial charge in [0.1, 0.15) is 0 Å². The van der Waals surface area contributed by atoms with E-state index >= 15 is 0 Å². The van der Waals surface area contributed by atoms with Crippen LogP contribution in [0.15, 0.2) is 18.3 Å². The van der Waals surface area contributed by atoms with E-state index in [1.54, 1.807) is 13.3 Å². The third-order valence-corrected chi connectivity index (χ3v) is 1.84. The number of aryl methyl sites for hydroxylation is 1. The molecule has 0 spiro atoms. The lowest BCUT2D eigenvalue weighted by atomic mass is 10.1. The number of hydrogen-bond donors (Lipinski definition) is 0. The van der Waals surface area contributed by atoms with E-state index in [1.807, 2.05) is 19.9 Å². The van der Waals surface area contributed by atoms with E-state index in [4.69, 9.17) is 4.74 Å². The molecule has 0 unspecified atom stereocenters. The van der Waals surface area contributed by atoms with Gasteiger partial charge in [-0.3, -0.25) is 0 Å². The average molecular weight is 195 g/mol. The van der Waals surface area contributed by atoms with E-state index in [0.29, 0.717) is 0 Å². The SMILES string of the molecule is CC.CCCCc1cccnc1OC. The molecule has 0 aromatic carbocycles. The number of ether oxygens (including phenoxy) is 1. The highest BCUT2D eigenvalue weighted by atomic mass is 16.5. The lowest BCUT2D eigenvalue weighted by molar-refractivity contribution is 0.392. The maximum atomic E-state index is 5.13. The molecule has 0 radical (unpaired) electrons. The second kappa shape index (κ2) is 8.54. The van der Waals surface area contributed by atoms with E-state index in [1.165, 1.54) is 18.4 Å². The van der Waals surface area contributed by atoms with E-state index in [9.17, 15) is 0 Å². The van der Waals surface area contributed by atoms with Gasteiger partial charge in [-0.05, 0) is 18.9 Å². The molecule has 0 aliphatic carbocycles. The summed E-state index contributed by atoms with van der Waals surface area (Å²) >= 11 is 0. The molecular formula is C12H21NO. The highest BCUT2D eigenvalue weighted by Gasteiger charge is 2.00. The van der Waals surface area contributed by atoms with Gasteiger partial charge in [-0.1, -0.05) is 33.3 Å². The molecule has 1 heterocycles. The fourth-order valence-electron chi connectivity index (χ4n) is 1.17. The third-order valence-electron chi connectivity index (χ3n) is 1.84. The Kier molecular flexibility index (Phi) is 7.90. The van der Waals surface area contributed by atoms with Crippen LogP contribution in [0.3, 0.4) is 0 Å². The van der Waals surface area contributed by atoms with Crippen LogP contribution >= 0.6 is 0 Å². The molecule has 0 bridgehead atoms. The smallest absolute Gasteiger partial charge is 0.216 e. The average Bonchev–Trinajstić information content (AvgIpc) is 2.29. The van der Waals surface area contributed by atoms with Gasteiger partial charge in [0.15, 0.2) is 0 Å². The maximum Gasteiger partial charge on any atom is 0.216 e. The van der Waals surface area contributed by atoms with Crippen molar-refractivity contribution in [1.82, 2.24) is 4.98 Å². The zero-order valence-electron chi connectivity index (χ0n) is 9.71. The highest BCUT2D eigenvalue weighted by Crippen LogP contribution is 2.15. The first-order valence-electron chi connectivity index (χ1n) is 5.36. The Morgan fingerprint density at radius 3 is 2.64 bits per heavy atom. The molecule has 1 aromatic heterocycles. The monoisotopic (exact) mass is 195 g/mol. The summed E-state index contributed by atoms with van der Waals surface area (Å²) in [5, 5.41) is 0. The normalized spacial score (nSPS) is 8.86. The van der Waals surface area contributed by atoms with E-state index in [2.05, 4.69) is 18.0 Å². The van der Waals surface area contributed by atoms with Crippen molar-refractivity contribution < 1.29 is 4.74 Å². The standard InChI is InChI=1S/C10H15NO.C2H6/c1-3-4-6-9-7-5-8-11-10(9)12-2;1-2/h5,7-8H,3-4,6H2,1-2H3;1-2H3. The first kappa shape index (κ1) is 12.9. The van der Waals surface area contributed by atoms with Gasteiger partial charge in [-0.2, -0.15) is 0 Å². The van der Waals surface area contributed by atoms with Crippen LogP contribution in [0.1, 0.15) is 39.2 Å². The molecule has 0 N–H and O–H groups in total. The highest BCUT2D eigenvalue weighted by molar-refractivity contribution is 5.25. The second-order valence-electron chi connectivity index (χ2n) is 2.78. The minimum Gasteiger partial charge on any atom is -0.481 e. The first-order valence-corrected chi connectivity index (χ1v) is 5.36. The Hall–Kier alpha value is -1.05. The number of hydrogen-bond acceptors (Lipinski definition) is 2. The fourth-order valence-corrected chi connectivity index (χ4v) is 1.17. The molecule has 1 aromatic rings. The van der Waals surface area contributed by atoms with Crippen molar-refractivity contribution in [3.8, 4) is 5.88 Å².